The molecule has 2 saturated heterocycles. The predicted octanol–water partition coefficient (Wildman–Crippen LogP) is 5.64. The number of fused-ring (bicyclic) bond motifs is 1. The van der Waals surface area contributed by atoms with Crippen LogP contribution in [0.1, 0.15) is 87.8 Å². The van der Waals surface area contributed by atoms with Gasteiger partial charge in [-0.2, -0.15) is 0 Å². The first-order chi connectivity index (χ1) is 21.5. The molecule has 1 aliphatic carbocycles. The largest absolute Gasteiger partial charge is 0.338 e. The Bertz CT molecular complexity index is 1600. The Labute approximate surface area is 269 Å². The summed E-state index contributed by atoms with van der Waals surface area (Å²) in [5, 5.41) is 4.42. The summed E-state index contributed by atoms with van der Waals surface area (Å²) in [5.41, 5.74) is 4.19. The Morgan fingerprint density at radius 3 is 2.51 bits per heavy atom. The van der Waals surface area contributed by atoms with Crippen LogP contribution in [0.3, 0.4) is 0 Å². The van der Waals surface area contributed by atoms with E-state index >= 15 is 4.39 Å². The van der Waals surface area contributed by atoms with Crippen LogP contribution in [0.15, 0.2) is 52.1 Å². The van der Waals surface area contributed by atoms with Crippen LogP contribution in [-0.4, -0.2) is 73.4 Å². The average molecular weight is 631 g/mol. The summed E-state index contributed by atoms with van der Waals surface area (Å²) in [6.45, 7) is 13.5. The highest BCUT2D eigenvalue weighted by Gasteiger charge is 2.52. The number of nitrogens with zero attached hydrogens (tertiary/aromatic N) is 5. The Hall–Kier alpha value is -3.24. The quantitative estimate of drug-likeness (QED) is 0.461. The first kappa shape index (κ1) is 30.4. The zero-order valence-electron chi connectivity index (χ0n) is 27.0. The van der Waals surface area contributed by atoms with Gasteiger partial charge < -0.3 is 20.0 Å². The van der Waals surface area contributed by atoms with Gasteiger partial charge in [-0.1, -0.05) is 32.0 Å². The number of aryl methyl sites for hydroxylation is 2. The molecule has 5 aliphatic rings. The Kier molecular flexibility index (Phi) is 7.59. The van der Waals surface area contributed by atoms with Crippen LogP contribution in [0.2, 0.25) is 0 Å². The maximum absolute atomic E-state index is 15.0. The van der Waals surface area contributed by atoms with Gasteiger partial charge in [0.15, 0.2) is 5.17 Å². The van der Waals surface area contributed by atoms with Crippen LogP contribution in [-0.2, 0) is 9.59 Å². The number of pyridine rings is 1. The zero-order valence-corrected chi connectivity index (χ0v) is 27.8. The Morgan fingerprint density at radius 2 is 1.84 bits per heavy atom. The molecule has 0 bridgehead atoms. The molecule has 0 unspecified atom stereocenters. The third-order valence-electron chi connectivity index (χ3n) is 10.2. The number of piperazine rings is 1. The lowest BCUT2D eigenvalue weighted by atomic mass is 9.92. The second-order valence-corrected chi connectivity index (χ2v) is 15.1. The minimum Gasteiger partial charge on any atom is -0.338 e. The van der Waals surface area contributed by atoms with Crippen molar-refractivity contribution in [2.75, 3.05) is 13.1 Å². The molecule has 1 N–H and O–H groups in total. The van der Waals surface area contributed by atoms with E-state index in [-0.39, 0.29) is 53.3 Å². The molecule has 4 aliphatic heterocycles. The third kappa shape index (κ3) is 5.27. The van der Waals surface area contributed by atoms with E-state index in [1.54, 1.807) is 13.0 Å². The summed E-state index contributed by atoms with van der Waals surface area (Å²) < 4.78 is 15.0. The second kappa shape index (κ2) is 11.2. The van der Waals surface area contributed by atoms with Crippen LogP contribution in [0, 0.1) is 25.6 Å². The highest BCUT2D eigenvalue weighted by molar-refractivity contribution is 8.18. The lowest BCUT2D eigenvalue weighted by Gasteiger charge is -2.40. The van der Waals surface area contributed by atoms with Gasteiger partial charge in [-0.15, -0.1) is 0 Å². The summed E-state index contributed by atoms with van der Waals surface area (Å²) in [4.78, 5) is 45.1. The maximum atomic E-state index is 15.0. The fourth-order valence-electron chi connectivity index (χ4n) is 7.71. The number of aliphatic imine (C=N–C) groups is 1. The van der Waals surface area contributed by atoms with E-state index in [9.17, 15) is 9.59 Å². The molecule has 3 fully saturated rings. The molecule has 10 heteroatoms. The van der Waals surface area contributed by atoms with Crippen LogP contribution < -0.4 is 5.32 Å². The lowest BCUT2D eigenvalue weighted by molar-refractivity contribution is -0.144. The fraction of sp³-hybridized carbons (Fsp3) is 0.543. The molecule has 5 atom stereocenters. The van der Waals surface area contributed by atoms with Gasteiger partial charge in [0.25, 0.3) is 5.91 Å². The van der Waals surface area contributed by atoms with E-state index in [0.717, 1.165) is 46.9 Å². The van der Waals surface area contributed by atoms with Crippen LogP contribution in [0.25, 0.3) is 0 Å². The van der Waals surface area contributed by atoms with E-state index in [4.69, 9.17) is 4.99 Å². The molecule has 238 valence electrons. The Morgan fingerprint density at radius 1 is 1.09 bits per heavy atom. The molecule has 45 heavy (non-hydrogen) atoms. The molecule has 2 amide bonds. The van der Waals surface area contributed by atoms with E-state index in [1.165, 1.54) is 11.8 Å². The molecule has 8 nitrogen and oxygen atoms in total. The Balaban J connectivity index is 1.24. The van der Waals surface area contributed by atoms with Crippen molar-refractivity contribution in [3.05, 3.63) is 75.3 Å². The highest BCUT2D eigenvalue weighted by atomic mass is 32.2. The number of thioether (sulfide) groups is 1. The number of hydrogen-bond donors (Lipinski definition) is 1. The average Bonchev–Trinajstić information content (AvgIpc) is 3.30. The van der Waals surface area contributed by atoms with Crippen molar-refractivity contribution in [1.82, 2.24) is 25.0 Å². The van der Waals surface area contributed by atoms with Crippen LogP contribution in [0.4, 0.5) is 4.39 Å². The predicted molar refractivity (Wildman–Crippen MR) is 175 cm³/mol. The number of hydrogen-bond acceptors (Lipinski definition) is 7. The van der Waals surface area contributed by atoms with Gasteiger partial charge in [0.2, 0.25) is 5.91 Å². The smallest absolute Gasteiger partial charge is 0.263 e. The van der Waals surface area contributed by atoms with Gasteiger partial charge in [-0.3, -0.25) is 19.6 Å². The molecule has 2 aromatic rings. The summed E-state index contributed by atoms with van der Waals surface area (Å²) in [5.74, 6) is -0.300. The topological polar surface area (TPSA) is 81.1 Å². The number of aromatic nitrogens is 1. The van der Waals surface area contributed by atoms with Crippen molar-refractivity contribution in [2.45, 2.75) is 103 Å². The molecule has 1 spiro atoms. The van der Waals surface area contributed by atoms with Crippen molar-refractivity contribution in [1.29, 1.82) is 0 Å². The maximum Gasteiger partial charge on any atom is 0.263 e. The molecule has 1 aromatic carbocycles. The molecule has 1 aromatic heterocycles. The van der Waals surface area contributed by atoms with Crippen molar-refractivity contribution < 1.29 is 14.0 Å². The monoisotopic (exact) mass is 630 g/mol. The molecular formula is C35H43FN6O2S. The molecular weight excluding hydrogens is 587 g/mol. The van der Waals surface area contributed by atoms with Crippen molar-refractivity contribution in [3.63, 3.8) is 0 Å². The second-order valence-electron chi connectivity index (χ2n) is 14.1. The number of halogens is 1. The lowest BCUT2D eigenvalue weighted by Crippen LogP contribution is -2.61. The zero-order chi connectivity index (χ0) is 31.8. The van der Waals surface area contributed by atoms with Gasteiger partial charge in [0, 0.05) is 48.3 Å². The van der Waals surface area contributed by atoms with E-state index in [1.807, 2.05) is 47.2 Å². The molecule has 0 radical (unpaired) electrons. The summed E-state index contributed by atoms with van der Waals surface area (Å²) in [6.07, 6.45) is 5.50. The number of carbonyl (C=O) groups is 2. The van der Waals surface area contributed by atoms with Gasteiger partial charge in [-0.05, 0) is 99.9 Å². The van der Waals surface area contributed by atoms with Gasteiger partial charge >= 0.3 is 0 Å². The highest BCUT2D eigenvalue weighted by Crippen LogP contribution is 2.54. The number of amides is 2. The molecule has 7 rings (SSSR count). The van der Waals surface area contributed by atoms with Crippen LogP contribution >= 0.6 is 11.8 Å². The number of nitrogens with one attached hydrogen (secondary N) is 1. The minimum absolute atomic E-state index is 0.00681. The standard InChI is InChI=1S/C35H43FN6O2S/c1-19(2)29-31(33(44)41-23(6)9-12-27(41)32(43)40-17-22(5)39-35(18-40)13-14-35)45-34-38-28(25-11-8-21(4)37-16-25)30(42(29)34)24-10-7-20(3)26(36)15-24/h7-8,10-11,15-16,19,22-23,27-28,30,39H,9,12-14,17-18H2,1-6H3/t22-,23-,27+,28+,30-/m1/s1. The van der Waals surface area contributed by atoms with Crippen LogP contribution in [0.5, 0.6) is 0 Å². The fourth-order valence-corrected chi connectivity index (χ4v) is 9.01. The van der Waals surface area contributed by atoms with E-state index in [0.29, 0.717) is 30.0 Å². The third-order valence-corrected chi connectivity index (χ3v) is 11.2. The van der Waals surface area contributed by atoms with E-state index < -0.39 is 6.04 Å². The minimum atomic E-state index is -0.471. The molecule has 1 saturated carbocycles. The summed E-state index contributed by atoms with van der Waals surface area (Å²) in [6, 6.07) is 8.48. The number of allylic oxidation sites excluding steroid dienone is 1. The van der Waals surface area contributed by atoms with Crippen molar-refractivity contribution in [3.8, 4) is 0 Å². The summed E-state index contributed by atoms with van der Waals surface area (Å²) >= 11 is 1.40. The number of benzene rings is 1. The SMILES string of the molecule is Cc1ccc([C@@H]2N=C3SC(C(=O)N4[C@H](C)CC[C@H]4C(=O)N4C[C@@H](C)NC5(CC5)C4)=C(C(C)C)N3[C@@H]2c2ccc(C)c(F)c2)cn1. The van der Waals surface area contributed by atoms with Gasteiger partial charge in [0.05, 0.1) is 6.04 Å². The summed E-state index contributed by atoms with van der Waals surface area (Å²) in [7, 11) is 0. The number of amidine groups is 1. The van der Waals surface area contributed by atoms with Gasteiger partial charge in [-0.25, -0.2) is 4.39 Å². The molecule has 5 heterocycles. The van der Waals surface area contributed by atoms with E-state index in [2.05, 4.69) is 42.9 Å². The first-order valence-electron chi connectivity index (χ1n) is 16.3. The number of carbonyl (C=O) groups excluding carboxylic acids is 2. The van der Waals surface area contributed by atoms with Gasteiger partial charge in [0.1, 0.15) is 22.8 Å². The number of rotatable bonds is 5. The van der Waals surface area contributed by atoms with Crippen molar-refractivity contribution >= 4 is 28.7 Å². The first-order valence-corrected chi connectivity index (χ1v) is 17.1. The number of likely N-dealkylation sites (tertiary alicyclic amines) is 1. The normalized spacial score (nSPS) is 28.8. The van der Waals surface area contributed by atoms with Crippen molar-refractivity contribution in [2.24, 2.45) is 10.9 Å².